The lowest BCUT2D eigenvalue weighted by molar-refractivity contribution is 0.0975. The third-order valence-corrected chi connectivity index (χ3v) is 5.21. The van der Waals surface area contributed by atoms with Gasteiger partial charge in [-0.2, -0.15) is 10.2 Å². The number of amides is 1. The Morgan fingerprint density at radius 1 is 0.645 bits per heavy atom. The Morgan fingerprint density at radius 2 is 1.23 bits per heavy atom. The molecule has 4 aromatic rings. The van der Waals surface area contributed by atoms with Gasteiger partial charge in [0.1, 0.15) is 6.17 Å². The van der Waals surface area contributed by atoms with E-state index in [2.05, 4.69) is 15.5 Å². The van der Waals surface area contributed by atoms with Gasteiger partial charge >= 0.3 is 0 Å². The first-order valence-electron chi connectivity index (χ1n) is 10.1. The van der Waals surface area contributed by atoms with Crippen LogP contribution in [-0.4, -0.2) is 5.91 Å². The van der Waals surface area contributed by atoms with Crippen molar-refractivity contribution in [3.63, 3.8) is 0 Å². The van der Waals surface area contributed by atoms with Crippen LogP contribution in [0, 0.1) is 0 Å². The summed E-state index contributed by atoms with van der Waals surface area (Å²) < 4.78 is 0. The second kappa shape index (κ2) is 8.24. The average molecular weight is 404 g/mol. The summed E-state index contributed by atoms with van der Waals surface area (Å²) in [4.78, 5) is 15.2. The van der Waals surface area contributed by atoms with Gasteiger partial charge in [-0.25, -0.2) is 0 Å². The first-order chi connectivity index (χ1) is 15.3. The third-order valence-electron chi connectivity index (χ3n) is 5.21. The van der Waals surface area contributed by atoms with E-state index in [1.807, 2.05) is 109 Å². The Kier molecular flexibility index (Phi) is 4.99. The van der Waals surface area contributed by atoms with Gasteiger partial charge in [0.2, 0.25) is 0 Å². The summed E-state index contributed by atoms with van der Waals surface area (Å²) in [6.45, 7) is 0. The fraction of sp³-hybridized carbons (Fsp3) is 0.0385. The van der Waals surface area contributed by atoms with Crippen LogP contribution < -0.4 is 10.2 Å². The fourth-order valence-electron chi connectivity index (χ4n) is 3.68. The average Bonchev–Trinajstić information content (AvgIpc) is 2.84. The molecular formula is C26H20N4O. The lowest BCUT2D eigenvalue weighted by Gasteiger charge is -2.38. The van der Waals surface area contributed by atoms with E-state index < -0.39 is 0 Å². The molecule has 31 heavy (non-hydrogen) atoms. The van der Waals surface area contributed by atoms with Crippen molar-refractivity contribution in [3.8, 4) is 0 Å². The minimum Gasteiger partial charge on any atom is -0.360 e. The number of para-hydroxylation sites is 1. The zero-order chi connectivity index (χ0) is 21.0. The van der Waals surface area contributed by atoms with Gasteiger partial charge in [0.05, 0.1) is 16.9 Å². The quantitative estimate of drug-likeness (QED) is 0.377. The summed E-state index contributed by atoms with van der Waals surface area (Å²) in [7, 11) is 0. The fourth-order valence-corrected chi connectivity index (χ4v) is 3.68. The number of nitrogens with one attached hydrogen (secondary N) is 1. The van der Waals surface area contributed by atoms with Crippen molar-refractivity contribution < 1.29 is 4.79 Å². The molecule has 1 unspecified atom stereocenters. The summed E-state index contributed by atoms with van der Waals surface area (Å²) in [5.74, 6) is -0.0399. The van der Waals surface area contributed by atoms with Gasteiger partial charge in [0.15, 0.2) is 0 Å². The van der Waals surface area contributed by atoms with Crippen LogP contribution in [0.5, 0.6) is 0 Å². The molecule has 0 spiro atoms. The summed E-state index contributed by atoms with van der Waals surface area (Å²) in [5, 5.41) is 12.1. The summed E-state index contributed by atoms with van der Waals surface area (Å²) >= 11 is 0. The molecule has 0 bridgehead atoms. The maximum atomic E-state index is 13.4. The Hall–Kier alpha value is -4.25. The molecule has 5 nitrogen and oxygen atoms in total. The number of anilines is 2. The van der Waals surface area contributed by atoms with Gasteiger partial charge < -0.3 is 5.32 Å². The van der Waals surface area contributed by atoms with Gasteiger partial charge in [-0.3, -0.25) is 9.69 Å². The van der Waals surface area contributed by atoms with Crippen LogP contribution in [0.25, 0.3) is 0 Å². The summed E-state index contributed by atoms with van der Waals surface area (Å²) in [6, 6.07) is 34.7. The molecule has 1 aliphatic rings. The Balaban J connectivity index is 1.49. The maximum absolute atomic E-state index is 13.4. The third kappa shape index (κ3) is 3.81. The van der Waals surface area contributed by atoms with Crippen molar-refractivity contribution in [3.05, 3.63) is 120 Å². The standard InChI is InChI=1S/C26H20N4O/c31-26-23-13-7-8-14-24(23)27-25(19-9-3-1-4-10-19)30(26)22-17-15-21(16-18-22)29-28-20-11-5-2-6-12-20/h1-18,25,27H. The number of nitrogens with zero attached hydrogens (tertiary/aromatic N) is 3. The zero-order valence-corrected chi connectivity index (χ0v) is 16.7. The van der Waals surface area contributed by atoms with E-state index >= 15 is 0 Å². The van der Waals surface area contributed by atoms with Crippen LogP contribution >= 0.6 is 0 Å². The van der Waals surface area contributed by atoms with Gasteiger partial charge in [0, 0.05) is 11.4 Å². The van der Waals surface area contributed by atoms with Gasteiger partial charge in [-0.05, 0) is 54.1 Å². The normalized spacial score (nSPS) is 15.5. The molecular weight excluding hydrogens is 384 g/mol. The van der Waals surface area contributed by atoms with Gasteiger partial charge in [-0.15, -0.1) is 0 Å². The highest BCUT2D eigenvalue weighted by molar-refractivity contribution is 6.12. The van der Waals surface area contributed by atoms with Crippen LogP contribution in [-0.2, 0) is 0 Å². The first kappa shape index (κ1) is 18.8. The second-order valence-electron chi connectivity index (χ2n) is 7.23. The Bertz CT molecular complexity index is 1220. The van der Waals surface area contributed by atoms with Crippen LogP contribution in [0.15, 0.2) is 119 Å². The molecule has 1 heterocycles. The molecule has 0 radical (unpaired) electrons. The molecule has 1 atom stereocenters. The number of carbonyl (C=O) groups is 1. The molecule has 0 aliphatic carbocycles. The highest BCUT2D eigenvalue weighted by atomic mass is 16.2. The predicted octanol–water partition coefficient (Wildman–Crippen LogP) is 6.87. The summed E-state index contributed by atoms with van der Waals surface area (Å²) in [6.07, 6.45) is -0.305. The van der Waals surface area contributed by atoms with Crippen molar-refractivity contribution in [2.24, 2.45) is 10.2 Å². The number of hydrogen-bond acceptors (Lipinski definition) is 4. The SMILES string of the molecule is O=C1c2ccccc2NC(c2ccccc2)N1c1ccc(N=Nc2ccccc2)cc1. The van der Waals surface area contributed by atoms with Crippen molar-refractivity contribution in [2.75, 3.05) is 10.2 Å². The number of azo groups is 1. The van der Waals surface area contributed by atoms with Crippen molar-refractivity contribution in [1.29, 1.82) is 0 Å². The summed E-state index contributed by atoms with van der Waals surface area (Å²) in [5.41, 5.74) is 4.82. The van der Waals surface area contributed by atoms with Gasteiger partial charge in [0.25, 0.3) is 5.91 Å². The molecule has 1 N–H and O–H groups in total. The molecule has 0 fully saturated rings. The first-order valence-corrected chi connectivity index (χ1v) is 10.1. The topological polar surface area (TPSA) is 57.1 Å². The number of rotatable bonds is 4. The molecule has 0 aromatic heterocycles. The van der Waals surface area contributed by atoms with Crippen LogP contribution in [0.1, 0.15) is 22.1 Å². The largest absolute Gasteiger partial charge is 0.360 e. The van der Waals surface area contributed by atoms with E-state index in [9.17, 15) is 4.79 Å². The second-order valence-corrected chi connectivity index (χ2v) is 7.23. The van der Waals surface area contributed by atoms with Crippen LogP contribution in [0.3, 0.4) is 0 Å². The van der Waals surface area contributed by atoms with E-state index in [-0.39, 0.29) is 12.1 Å². The minimum atomic E-state index is -0.305. The van der Waals surface area contributed by atoms with Gasteiger partial charge in [-0.1, -0.05) is 60.7 Å². The number of benzene rings is 4. The van der Waals surface area contributed by atoms with E-state index in [4.69, 9.17) is 0 Å². The van der Waals surface area contributed by atoms with Crippen molar-refractivity contribution in [2.45, 2.75) is 6.17 Å². The number of fused-ring (bicyclic) bond motifs is 1. The molecule has 150 valence electrons. The smallest absolute Gasteiger partial charge is 0.262 e. The molecule has 0 saturated carbocycles. The van der Waals surface area contributed by atoms with Crippen molar-refractivity contribution in [1.82, 2.24) is 0 Å². The number of hydrogen-bond donors (Lipinski definition) is 1. The molecule has 5 heteroatoms. The van der Waals surface area contributed by atoms with E-state index in [1.165, 1.54) is 0 Å². The van der Waals surface area contributed by atoms with E-state index in [1.54, 1.807) is 4.90 Å². The Morgan fingerprint density at radius 3 is 1.94 bits per heavy atom. The zero-order valence-electron chi connectivity index (χ0n) is 16.7. The molecule has 1 aliphatic heterocycles. The molecule has 5 rings (SSSR count). The van der Waals surface area contributed by atoms with Crippen molar-refractivity contribution >= 4 is 28.7 Å². The molecule has 4 aromatic carbocycles. The number of carbonyl (C=O) groups excluding carboxylic acids is 1. The van der Waals surface area contributed by atoms with E-state index in [0.717, 1.165) is 28.3 Å². The molecule has 0 saturated heterocycles. The van der Waals surface area contributed by atoms with Crippen LogP contribution in [0.2, 0.25) is 0 Å². The minimum absolute atomic E-state index is 0.0399. The lowest BCUT2D eigenvalue weighted by Crippen LogP contribution is -2.43. The molecule has 1 amide bonds. The lowest BCUT2D eigenvalue weighted by atomic mass is 10.0. The maximum Gasteiger partial charge on any atom is 0.262 e. The highest BCUT2D eigenvalue weighted by Crippen LogP contribution is 2.37. The van der Waals surface area contributed by atoms with E-state index in [0.29, 0.717) is 5.56 Å². The Labute approximate surface area is 180 Å². The predicted molar refractivity (Wildman–Crippen MR) is 123 cm³/mol. The van der Waals surface area contributed by atoms with Crippen LogP contribution in [0.4, 0.5) is 22.7 Å². The monoisotopic (exact) mass is 404 g/mol. The highest BCUT2D eigenvalue weighted by Gasteiger charge is 2.33.